The lowest BCUT2D eigenvalue weighted by atomic mass is 10.0. The highest BCUT2D eigenvalue weighted by Crippen LogP contribution is 2.29. The number of nitrogens with one attached hydrogen (secondary N) is 1. The third-order valence-electron chi connectivity index (χ3n) is 3.86. The zero-order valence-electron chi connectivity index (χ0n) is 11.9. The molecule has 0 aliphatic carbocycles. The minimum atomic E-state index is 1.10. The Kier molecular flexibility index (Phi) is 3.32. The second-order valence-corrected chi connectivity index (χ2v) is 6.28. The summed E-state index contributed by atoms with van der Waals surface area (Å²) in [5, 5.41) is 1.22. The molecule has 3 aromatic carbocycles. The average Bonchev–Trinajstić information content (AvgIpc) is 2.99. The number of benzene rings is 3. The summed E-state index contributed by atoms with van der Waals surface area (Å²) in [5.74, 6) is 0. The van der Waals surface area contributed by atoms with E-state index in [2.05, 4.69) is 93.7 Å². The van der Waals surface area contributed by atoms with Crippen molar-refractivity contribution in [2.45, 2.75) is 0 Å². The molecule has 0 saturated carbocycles. The van der Waals surface area contributed by atoms with Gasteiger partial charge in [-0.3, -0.25) is 0 Å². The Morgan fingerprint density at radius 3 is 2.27 bits per heavy atom. The van der Waals surface area contributed by atoms with Crippen molar-refractivity contribution in [1.29, 1.82) is 0 Å². The zero-order chi connectivity index (χ0) is 14.9. The molecule has 0 unspecified atom stereocenters. The van der Waals surface area contributed by atoms with Crippen LogP contribution < -0.4 is 0 Å². The van der Waals surface area contributed by atoms with Gasteiger partial charge >= 0.3 is 0 Å². The third-order valence-corrected chi connectivity index (χ3v) is 4.36. The predicted molar refractivity (Wildman–Crippen MR) is 96.9 cm³/mol. The van der Waals surface area contributed by atoms with E-state index >= 15 is 0 Å². The normalized spacial score (nSPS) is 11.0. The summed E-state index contributed by atoms with van der Waals surface area (Å²) in [6, 6.07) is 27.6. The van der Waals surface area contributed by atoms with Crippen molar-refractivity contribution in [3.63, 3.8) is 0 Å². The molecule has 1 N–H and O–H groups in total. The maximum atomic E-state index is 3.53. The maximum Gasteiger partial charge on any atom is 0.0465 e. The van der Waals surface area contributed by atoms with Gasteiger partial charge in [-0.15, -0.1) is 0 Å². The van der Waals surface area contributed by atoms with Crippen molar-refractivity contribution in [1.82, 2.24) is 4.98 Å². The molecule has 0 saturated heterocycles. The van der Waals surface area contributed by atoms with Crippen LogP contribution in [0.25, 0.3) is 33.3 Å². The molecular weight excluding hydrogens is 334 g/mol. The van der Waals surface area contributed by atoms with Gasteiger partial charge in [-0.1, -0.05) is 64.5 Å². The fraction of sp³-hybridized carbons (Fsp3) is 0. The van der Waals surface area contributed by atoms with Crippen LogP contribution in [-0.2, 0) is 0 Å². The number of halogens is 1. The molecule has 1 aromatic heterocycles. The fourth-order valence-corrected chi connectivity index (χ4v) is 3.13. The van der Waals surface area contributed by atoms with Gasteiger partial charge in [-0.2, -0.15) is 0 Å². The van der Waals surface area contributed by atoms with Crippen molar-refractivity contribution in [3.8, 4) is 22.4 Å². The Labute approximate surface area is 137 Å². The van der Waals surface area contributed by atoms with Crippen LogP contribution >= 0.6 is 15.9 Å². The first kappa shape index (κ1) is 13.4. The molecule has 0 bridgehead atoms. The average molecular weight is 348 g/mol. The lowest BCUT2D eigenvalue weighted by molar-refractivity contribution is 1.45. The molecule has 4 aromatic rings. The van der Waals surface area contributed by atoms with Crippen LogP contribution in [0.15, 0.2) is 83.3 Å². The summed E-state index contributed by atoms with van der Waals surface area (Å²) in [7, 11) is 0. The minimum absolute atomic E-state index is 1.10. The molecular formula is C20H14BrN. The first-order valence-corrected chi connectivity index (χ1v) is 8.03. The molecule has 0 radical (unpaired) electrons. The fourth-order valence-electron chi connectivity index (χ4n) is 2.76. The van der Waals surface area contributed by atoms with Gasteiger partial charge in [0, 0.05) is 21.1 Å². The van der Waals surface area contributed by atoms with Gasteiger partial charge in [0.25, 0.3) is 0 Å². The molecule has 0 atom stereocenters. The first-order chi connectivity index (χ1) is 10.8. The number of rotatable bonds is 2. The second kappa shape index (κ2) is 5.47. The highest BCUT2D eigenvalue weighted by molar-refractivity contribution is 9.10. The van der Waals surface area contributed by atoms with Gasteiger partial charge in [0.1, 0.15) is 0 Å². The lowest BCUT2D eigenvalue weighted by Gasteiger charge is -2.04. The summed E-state index contributed by atoms with van der Waals surface area (Å²) in [5.41, 5.74) is 5.98. The van der Waals surface area contributed by atoms with Gasteiger partial charge in [0.15, 0.2) is 0 Å². The summed E-state index contributed by atoms with van der Waals surface area (Å²) < 4.78 is 1.10. The Balaban J connectivity index is 1.81. The van der Waals surface area contributed by atoms with Crippen molar-refractivity contribution < 1.29 is 0 Å². The summed E-state index contributed by atoms with van der Waals surface area (Å²) in [6.45, 7) is 0. The van der Waals surface area contributed by atoms with Crippen LogP contribution in [0.2, 0.25) is 0 Å². The molecule has 4 rings (SSSR count). The van der Waals surface area contributed by atoms with Crippen LogP contribution in [0.5, 0.6) is 0 Å². The Hall–Kier alpha value is -2.32. The minimum Gasteiger partial charge on any atom is -0.355 e. The number of fused-ring (bicyclic) bond motifs is 1. The van der Waals surface area contributed by atoms with Crippen molar-refractivity contribution in [2.75, 3.05) is 0 Å². The highest BCUT2D eigenvalue weighted by Gasteiger charge is 2.05. The van der Waals surface area contributed by atoms with E-state index in [1.54, 1.807) is 0 Å². The number of hydrogen-bond acceptors (Lipinski definition) is 0. The molecule has 2 heteroatoms. The third kappa shape index (κ3) is 2.46. The number of aromatic amines is 1. The van der Waals surface area contributed by atoms with Crippen molar-refractivity contribution >= 4 is 26.8 Å². The maximum absolute atomic E-state index is 3.53. The number of hydrogen-bond donors (Lipinski definition) is 1. The van der Waals surface area contributed by atoms with E-state index in [9.17, 15) is 0 Å². The highest BCUT2D eigenvalue weighted by atomic mass is 79.9. The Morgan fingerprint density at radius 2 is 1.41 bits per heavy atom. The Bertz CT molecular complexity index is 938. The molecule has 0 spiro atoms. The van der Waals surface area contributed by atoms with E-state index in [1.807, 2.05) is 6.07 Å². The van der Waals surface area contributed by atoms with Crippen molar-refractivity contribution in [3.05, 3.63) is 83.3 Å². The smallest absolute Gasteiger partial charge is 0.0465 e. The quantitative estimate of drug-likeness (QED) is 0.440. The molecule has 0 aliphatic heterocycles. The molecule has 22 heavy (non-hydrogen) atoms. The van der Waals surface area contributed by atoms with Crippen LogP contribution in [0.3, 0.4) is 0 Å². The van der Waals surface area contributed by atoms with E-state index in [4.69, 9.17) is 0 Å². The van der Waals surface area contributed by atoms with Crippen molar-refractivity contribution in [2.24, 2.45) is 0 Å². The van der Waals surface area contributed by atoms with Crippen LogP contribution in [-0.4, -0.2) is 4.98 Å². The molecule has 1 heterocycles. The first-order valence-electron chi connectivity index (χ1n) is 7.24. The molecule has 0 amide bonds. The molecule has 0 fully saturated rings. The van der Waals surface area contributed by atoms with Crippen LogP contribution in [0.1, 0.15) is 0 Å². The summed E-state index contributed by atoms with van der Waals surface area (Å²) in [4.78, 5) is 3.50. The van der Waals surface area contributed by atoms with Gasteiger partial charge in [-0.25, -0.2) is 0 Å². The second-order valence-electron chi connectivity index (χ2n) is 5.36. The number of aromatic nitrogens is 1. The van der Waals surface area contributed by atoms with Gasteiger partial charge < -0.3 is 4.98 Å². The number of H-pyrrole nitrogens is 1. The molecule has 1 nitrogen and oxygen atoms in total. The molecule has 0 aliphatic rings. The van der Waals surface area contributed by atoms with E-state index in [1.165, 1.54) is 22.1 Å². The van der Waals surface area contributed by atoms with Crippen LogP contribution in [0, 0.1) is 0 Å². The SMILES string of the molecule is Brc1ccc2[nH]c(-c3cccc(-c4ccccc4)c3)cc2c1. The standard InChI is InChI=1S/C20H14BrN/c21-18-9-10-19-17(12-18)13-20(22-19)16-8-4-7-15(11-16)14-5-2-1-3-6-14/h1-13,22H. The Morgan fingerprint density at radius 1 is 0.636 bits per heavy atom. The molecule has 106 valence electrons. The van der Waals surface area contributed by atoms with E-state index in [0.29, 0.717) is 0 Å². The zero-order valence-corrected chi connectivity index (χ0v) is 13.5. The van der Waals surface area contributed by atoms with E-state index < -0.39 is 0 Å². The van der Waals surface area contributed by atoms with Gasteiger partial charge in [0.2, 0.25) is 0 Å². The summed E-state index contributed by atoms with van der Waals surface area (Å²) >= 11 is 3.53. The largest absolute Gasteiger partial charge is 0.355 e. The summed E-state index contributed by atoms with van der Waals surface area (Å²) in [6.07, 6.45) is 0. The lowest BCUT2D eigenvalue weighted by Crippen LogP contribution is -1.80. The van der Waals surface area contributed by atoms with E-state index in [-0.39, 0.29) is 0 Å². The predicted octanol–water partition coefficient (Wildman–Crippen LogP) is 6.26. The monoisotopic (exact) mass is 347 g/mol. The van der Waals surface area contributed by atoms with Gasteiger partial charge in [0.05, 0.1) is 0 Å². The topological polar surface area (TPSA) is 15.8 Å². The van der Waals surface area contributed by atoms with Gasteiger partial charge in [-0.05, 0) is 47.0 Å². The van der Waals surface area contributed by atoms with E-state index in [0.717, 1.165) is 15.7 Å². The van der Waals surface area contributed by atoms with Crippen LogP contribution in [0.4, 0.5) is 0 Å².